The first-order valence-electron chi connectivity index (χ1n) is 7.40. The van der Waals surface area contributed by atoms with Crippen LogP contribution in [0.25, 0.3) is 0 Å². The summed E-state index contributed by atoms with van der Waals surface area (Å²) in [5.74, 6) is -1.20. The van der Waals surface area contributed by atoms with Gasteiger partial charge in [0.05, 0.1) is 0 Å². The van der Waals surface area contributed by atoms with Crippen LogP contribution in [0.3, 0.4) is 0 Å². The molecule has 1 aliphatic rings. The summed E-state index contributed by atoms with van der Waals surface area (Å²) in [5, 5.41) is 7.46. The van der Waals surface area contributed by atoms with Gasteiger partial charge in [-0.05, 0) is 48.7 Å². The second-order valence-corrected chi connectivity index (χ2v) is 7.45. The third-order valence-corrected chi connectivity index (χ3v) is 5.86. The van der Waals surface area contributed by atoms with E-state index in [1.165, 1.54) is 4.88 Å². The zero-order valence-corrected chi connectivity index (χ0v) is 14.4. The van der Waals surface area contributed by atoms with Gasteiger partial charge in [0.25, 0.3) is 0 Å². The van der Waals surface area contributed by atoms with Gasteiger partial charge in [-0.25, -0.2) is 0 Å². The molecule has 1 aliphatic carbocycles. The van der Waals surface area contributed by atoms with Crippen LogP contribution in [0.5, 0.6) is 0 Å². The molecule has 0 aliphatic heterocycles. The Kier molecular flexibility index (Phi) is 4.73. The summed E-state index contributed by atoms with van der Waals surface area (Å²) >= 11 is 3.29. The fourth-order valence-electron chi connectivity index (χ4n) is 2.46. The highest BCUT2D eigenvalue weighted by atomic mass is 32.2. The Bertz CT molecular complexity index is 709. The van der Waals surface area contributed by atoms with Crippen LogP contribution in [-0.4, -0.2) is 24.6 Å². The van der Waals surface area contributed by atoms with Crippen molar-refractivity contribution < 1.29 is 9.59 Å². The number of benzene rings is 1. The molecule has 3 rings (SSSR count). The molecule has 4 nitrogen and oxygen atoms in total. The Balaban J connectivity index is 1.55. The predicted molar refractivity (Wildman–Crippen MR) is 95.1 cm³/mol. The average Bonchev–Trinajstić information content (AvgIpc) is 3.15. The van der Waals surface area contributed by atoms with Crippen molar-refractivity contribution >= 4 is 40.6 Å². The number of anilines is 1. The maximum atomic E-state index is 12.0. The molecule has 2 N–H and O–H groups in total. The summed E-state index contributed by atoms with van der Waals surface area (Å²) in [5.41, 5.74) is 0.680. The van der Waals surface area contributed by atoms with E-state index >= 15 is 0 Å². The first-order chi connectivity index (χ1) is 11.1. The number of carbonyl (C=O) groups excluding carboxylic acids is 2. The number of hydrogen-bond donors (Lipinski definition) is 2. The third kappa shape index (κ3) is 3.76. The average molecular weight is 346 g/mol. The highest BCUT2D eigenvalue weighted by molar-refractivity contribution is 7.98. The van der Waals surface area contributed by atoms with Gasteiger partial charge in [-0.15, -0.1) is 23.1 Å². The van der Waals surface area contributed by atoms with Crippen molar-refractivity contribution in [2.75, 3.05) is 18.1 Å². The van der Waals surface area contributed by atoms with Gasteiger partial charge >= 0.3 is 11.8 Å². The molecule has 1 saturated carbocycles. The van der Waals surface area contributed by atoms with Gasteiger partial charge in [-0.1, -0.05) is 12.1 Å². The lowest BCUT2D eigenvalue weighted by Gasteiger charge is -2.14. The van der Waals surface area contributed by atoms with Crippen molar-refractivity contribution in [3.05, 3.63) is 46.7 Å². The van der Waals surface area contributed by atoms with E-state index in [-0.39, 0.29) is 5.41 Å². The number of hydrogen-bond acceptors (Lipinski definition) is 4. The minimum atomic E-state index is -0.620. The fraction of sp³-hybridized carbons (Fsp3) is 0.294. The number of rotatable bonds is 5. The topological polar surface area (TPSA) is 58.2 Å². The highest BCUT2D eigenvalue weighted by Crippen LogP contribution is 2.49. The molecule has 1 aromatic heterocycles. The van der Waals surface area contributed by atoms with Gasteiger partial charge in [0.1, 0.15) is 0 Å². The van der Waals surface area contributed by atoms with Crippen LogP contribution in [0.2, 0.25) is 0 Å². The van der Waals surface area contributed by atoms with Crippen molar-refractivity contribution in [3.8, 4) is 0 Å². The maximum Gasteiger partial charge on any atom is 0.313 e. The molecule has 0 saturated heterocycles. The van der Waals surface area contributed by atoms with E-state index < -0.39 is 11.8 Å². The summed E-state index contributed by atoms with van der Waals surface area (Å²) < 4.78 is 0. The van der Waals surface area contributed by atoms with Gasteiger partial charge in [-0.2, -0.15) is 0 Å². The zero-order valence-electron chi connectivity index (χ0n) is 12.8. The van der Waals surface area contributed by atoms with Crippen LogP contribution in [0.15, 0.2) is 46.7 Å². The minimum Gasteiger partial charge on any atom is -0.347 e. The fourth-order valence-corrected chi connectivity index (χ4v) is 3.91. The van der Waals surface area contributed by atoms with Gasteiger partial charge in [0, 0.05) is 27.4 Å². The normalized spacial score (nSPS) is 15.0. The van der Waals surface area contributed by atoms with Crippen LogP contribution in [0.1, 0.15) is 17.7 Å². The zero-order chi connectivity index (χ0) is 16.3. The summed E-state index contributed by atoms with van der Waals surface area (Å²) in [6.07, 6.45) is 4.09. The van der Waals surface area contributed by atoms with Crippen molar-refractivity contribution in [3.63, 3.8) is 0 Å². The quantitative estimate of drug-likeness (QED) is 0.645. The van der Waals surface area contributed by atoms with Gasteiger partial charge in [0.2, 0.25) is 0 Å². The van der Waals surface area contributed by atoms with Gasteiger partial charge < -0.3 is 10.6 Å². The summed E-state index contributed by atoms with van der Waals surface area (Å²) in [4.78, 5) is 26.4. The minimum absolute atomic E-state index is 0.0445. The van der Waals surface area contributed by atoms with Crippen LogP contribution < -0.4 is 10.6 Å². The first-order valence-corrected chi connectivity index (χ1v) is 9.51. The summed E-state index contributed by atoms with van der Waals surface area (Å²) in [6, 6.07) is 11.6. The Morgan fingerprint density at radius 3 is 2.70 bits per heavy atom. The van der Waals surface area contributed by atoms with E-state index in [4.69, 9.17) is 0 Å². The second-order valence-electron chi connectivity index (χ2n) is 5.63. The lowest BCUT2D eigenvalue weighted by atomic mass is 10.1. The monoisotopic (exact) mass is 346 g/mol. The second kappa shape index (κ2) is 6.76. The molecule has 0 radical (unpaired) electrons. The van der Waals surface area contributed by atoms with E-state index in [9.17, 15) is 9.59 Å². The number of thioether (sulfide) groups is 1. The van der Waals surface area contributed by atoms with Crippen molar-refractivity contribution in [1.29, 1.82) is 0 Å². The predicted octanol–water partition coefficient (Wildman–Crippen LogP) is 3.26. The highest BCUT2D eigenvalue weighted by Gasteiger charge is 2.45. The molecule has 1 aromatic carbocycles. The van der Waals surface area contributed by atoms with Crippen LogP contribution in [0.4, 0.5) is 5.69 Å². The van der Waals surface area contributed by atoms with E-state index in [0.29, 0.717) is 12.2 Å². The Morgan fingerprint density at radius 2 is 2.04 bits per heavy atom. The Hall–Kier alpha value is -1.79. The molecule has 0 bridgehead atoms. The molecule has 2 aromatic rings. The molecule has 0 unspecified atom stereocenters. The number of thiophene rings is 1. The molecule has 6 heteroatoms. The standard InChI is InChI=1S/C17H18N2O2S2/c1-22-13-5-2-4-12(10-13)19-16(21)15(20)18-11-17(7-8-17)14-6-3-9-23-14/h2-6,9-10H,7-8,11H2,1H3,(H,18,20)(H,19,21). The number of nitrogens with one attached hydrogen (secondary N) is 2. The molecule has 1 heterocycles. The van der Waals surface area contributed by atoms with Crippen LogP contribution >= 0.6 is 23.1 Å². The molecule has 1 fully saturated rings. The number of amides is 2. The molecule has 23 heavy (non-hydrogen) atoms. The molecule has 2 amide bonds. The summed E-state index contributed by atoms with van der Waals surface area (Å²) in [7, 11) is 0. The maximum absolute atomic E-state index is 12.0. The first kappa shape index (κ1) is 16.1. The van der Waals surface area contributed by atoms with E-state index in [1.54, 1.807) is 29.2 Å². The molecule has 0 atom stereocenters. The summed E-state index contributed by atoms with van der Waals surface area (Å²) in [6.45, 7) is 0.518. The molecular weight excluding hydrogens is 328 g/mol. The Morgan fingerprint density at radius 1 is 1.22 bits per heavy atom. The Labute approximate surface area is 143 Å². The van der Waals surface area contributed by atoms with E-state index in [1.807, 2.05) is 35.9 Å². The largest absolute Gasteiger partial charge is 0.347 e. The van der Waals surface area contributed by atoms with Crippen molar-refractivity contribution in [2.45, 2.75) is 23.2 Å². The smallest absolute Gasteiger partial charge is 0.313 e. The SMILES string of the molecule is CSc1cccc(NC(=O)C(=O)NCC2(c3cccs3)CC2)c1. The lowest BCUT2D eigenvalue weighted by molar-refractivity contribution is -0.136. The van der Waals surface area contributed by atoms with Gasteiger partial charge in [-0.3, -0.25) is 9.59 Å². The van der Waals surface area contributed by atoms with Gasteiger partial charge in [0.15, 0.2) is 0 Å². The molecule has 120 valence electrons. The van der Waals surface area contributed by atoms with Crippen molar-refractivity contribution in [2.24, 2.45) is 0 Å². The van der Waals surface area contributed by atoms with Crippen molar-refractivity contribution in [1.82, 2.24) is 5.32 Å². The molecule has 0 spiro atoms. The van der Waals surface area contributed by atoms with Crippen LogP contribution in [0, 0.1) is 0 Å². The van der Waals surface area contributed by atoms with Crippen LogP contribution in [-0.2, 0) is 15.0 Å². The molecular formula is C17H18N2O2S2. The lowest BCUT2D eigenvalue weighted by Crippen LogP contribution is -2.39. The number of carbonyl (C=O) groups is 2. The van der Waals surface area contributed by atoms with E-state index in [0.717, 1.165) is 17.7 Å². The third-order valence-electron chi connectivity index (χ3n) is 4.02. The van der Waals surface area contributed by atoms with E-state index in [2.05, 4.69) is 16.7 Å².